The number of anilines is 2. The molecule has 0 amide bonds. The van der Waals surface area contributed by atoms with E-state index in [4.69, 9.17) is 5.73 Å². The maximum atomic E-state index is 13.0. The van der Waals surface area contributed by atoms with E-state index in [1.165, 1.54) is 10.6 Å². The van der Waals surface area contributed by atoms with Crippen molar-refractivity contribution in [2.24, 2.45) is 0 Å². The van der Waals surface area contributed by atoms with Crippen molar-refractivity contribution < 1.29 is 4.79 Å². The molecule has 3 heterocycles. The molecule has 1 aliphatic rings. The van der Waals surface area contributed by atoms with Gasteiger partial charge < -0.3 is 16.0 Å². The van der Waals surface area contributed by atoms with Crippen molar-refractivity contribution in [3.63, 3.8) is 0 Å². The highest BCUT2D eigenvalue weighted by Crippen LogP contribution is 2.28. The first kappa shape index (κ1) is 19.7. The third kappa shape index (κ3) is 4.17. The van der Waals surface area contributed by atoms with E-state index in [-0.39, 0.29) is 12.2 Å². The van der Waals surface area contributed by atoms with Crippen LogP contribution in [0.2, 0.25) is 0 Å². The van der Waals surface area contributed by atoms with Crippen LogP contribution in [-0.4, -0.2) is 36.9 Å². The van der Waals surface area contributed by atoms with Crippen LogP contribution in [0.3, 0.4) is 0 Å². The molecule has 5 rings (SSSR count). The monoisotopic (exact) mass is 428 g/mol. The van der Waals surface area contributed by atoms with Crippen molar-refractivity contribution in [3.8, 4) is 10.4 Å². The van der Waals surface area contributed by atoms with E-state index in [1.807, 2.05) is 35.7 Å². The Hall–Kier alpha value is -3.22. The smallest absolute Gasteiger partial charge is 0.168 e. The number of hydrogen-bond acceptors (Lipinski definition) is 6. The first-order chi connectivity index (χ1) is 15.2. The molecule has 3 N–H and O–H groups in total. The maximum absolute atomic E-state index is 13.0. The summed E-state index contributed by atoms with van der Waals surface area (Å²) in [6, 6.07) is 18.2. The van der Waals surface area contributed by atoms with Gasteiger partial charge >= 0.3 is 0 Å². The number of pyridine rings is 1. The zero-order valence-electron chi connectivity index (χ0n) is 17.2. The Morgan fingerprint density at radius 2 is 1.97 bits per heavy atom. The minimum atomic E-state index is 0.0237. The Labute approximate surface area is 185 Å². The van der Waals surface area contributed by atoms with Crippen molar-refractivity contribution in [2.75, 3.05) is 36.8 Å². The quantitative estimate of drug-likeness (QED) is 0.365. The van der Waals surface area contributed by atoms with Crippen molar-refractivity contribution in [2.45, 2.75) is 6.42 Å². The molecule has 5 nitrogen and oxygen atoms in total. The Bertz CT molecular complexity index is 1230. The van der Waals surface area contributed by atoms with Crippen LogP contribution in [0.1, 0.15) is 15.9 Å². The average Bonchev–Trinajstić information content (AvgIpc) is 3.35. The van der Waals surface area contributed by atoms with Crippen LogP contribution in [0.25, 0.3) is 21.3 Å². The molecule has 1 aliphatic heterocycles. The molecule has 0 atom stereocenters. The SMILES string of the molecule is Nc1ccc(-c2cccs2)cc1CC(=O)c1cnc2cc(N3CCNCC3)ccc2c1. The second-order valence-electron chi connectivity index (χ2n) is 7.83. The number of benzene rings is 2. The number of hydrogen-bond donors (Lipinski definition) is 2. The zero-order valence-corrected chi connectivity index (χ0v) is 18.0. The van der Waals surface area contributed by atoms with Gasteiger partial charge in [-0.15, -0.1) is 11.3 Å². The minimum Gasteiger partial charge on any atom is -0.398 e. The number of carbonyl (C=O) groups is 1. The molecule has 0 saturated carbocycles. The van der Waals surface area contributed by atoms with Gasteiger partial charge in [0.2, 0.25) is 0 Å². The molecular formula is C25H24N4OS. The summed E-state index contributed by atoms with van der Waals surface area (Å²) < 4.78 is 0. The first-order valence-corrected chi connectivity index (χ1v) is 11.4. The van der Waals surface area contributed by atoms with Crippen LogP contribution < -0.4 is 16.0 Å². The van der Waals surface area contributed by atoms with E-state index in [1.54, 1.807) is 17.5 Å². The molecule has 4 aromatic rings. The Balaban J connectivity index is 1.38. The Morgan fingerprint density at radius 3 is 2.77 bits per heavy atom. The van der Waals surface area contributed by atoms with Crippen LogP contribution >= 0.6 is 11.3 Å². The predicted octanol–water partition coefficient (Wildman–Crippen LogP) is 4.38. The number of Topliss-reactive ketones (excluding diaryl/α,β-unsaturated/α-hetero) is 1. The molecule has 0 unspecified atom stereocenters. The minimum absolute atomic E-state index is 0.0237. The lowest BCUT2D eigenvalue weighted by Gasteiger charge is -2.29. The standard InChI is InChI=1S/C25H24N4OS/c26-22-6-4-18(25-2-1-11-31-25)13-19(22)14-24(30)20-12-17-3-5-21(15-23(17)28-16-20)29-9-7-27-8-10-29/h1-6,11-13,15-16,27H,7-10,14,26H2. The highest BCUT2D eigenvalue weighted by molar-refractivity contribution is 7.13. The summed E-state index contributed by atoms with van der Waals surface area (Å²) in [6.45, 7) is 3.98. The second-order valence-corrected chi connectivity index (χ2v) is 8.78. The number of piperazine rings is 1. The largest absolute Gasteiger partial charge is 0.398 e. The summed E-state index contributed by atoms with van der Waals surface area (Å²) in [5, 5.41) is 6.40. The van der Waals surface area contributed by atoms with Crippen LogP contribution in [0.4, 0.5) is 11.4 Å². The van der Waals surface area contributed by atoms with Gasteiger partial charge in [-0.1, -0.05) is 18.2 Å². The molecule has 156 valence electrons. The third-order valence-electron chi connectivity index (χ3n) is 5.77. The van der Waals surface area contributed by atoms with E-state index >= 15 is 0 Å². The van der Waals surface area contributed by atoms with E-state index in [9.17, 15) is 4.79 Å². The van der Waals surface area contributed by atoms with Gasteiger partial charge in [-0.3, -0.25) is 9.78 Å². The van der Waals surface area contributed by atoms with E-state index in [2.05, 4.69) is 39.5 Å². The van der Waals surface area contributed by atoms with E-state index < -0.39 is 0 Å². The van der Waals surface area contributed by atoms with Crippen LogP contribution in [0.15, 0.2) is 66.2 Å². The fraction of sp³-hybridized carbons (Fsp3) is 0.200. The van der Waals surface area contributed by atoms with Gasteiger partial charge in [0.1, 0.15) is 0 Å². The molecule has 2 aromatic heterocycles. The second kappa shape index (κ2) is 8.49. The van der Waals surface area contributed by atoms with Crippen LogP contribution in [0, 0.1) is 0 Å². The zero-order chi connectivity index (χ0) is 21.2. The van der Waals surface area contributed by atoms with Crippen LogP contribution in [-0.2, 0) is 6.42 Å². The van der Waals surface area contributed by atoms with Gasteiger partial charge in [0.15, 0.2) is 5.78 Å². The summed E-state index contributed by atoms with van der Waals surface area (Å²) in [6.07, 6.45) is 1.95. The molecule has 1 fully saturated rings. The van der Waals surface area contributed by atoms with Crippen molar-refractivity contribution >= 4 is 39.4 Å². The Kier molecular flexibility index (Phi) is 5.40. The maximum Gasteiger partial charge on any atom is 0.168 e. The third-order valence-corrected chi connectivity index (χ3v) is 6.69. The van der Waals surface area contributed by atoms with E-state index in [0.29, 0.717) is 11.3 Å². The number of thiophene rings is 1. The van der Waals surface area contributed by atoms with Gasteiger partial charge in [0.05, 0.1) is 5.52 Å². The number of nitrogens with two attached hydrogens (primary N) is 1. The molecule has 2 aromatic carbocycles. The lowest BCUT2D eigenvalue weighted by molar-refractivity contribution is 0.0993. The average molecular weight is 429 g/mol. The van der Waals surface area contributed by atoms with Gasteiger partial charge in [-0.25, -0.2) is 0 Å². The van der Waals surface area contributed by atoms with E-state index in [0.717, 1.165) is 48.2 Å². The number of nitrogens with zero attached hydrogens (tertiary/aromatic N) is 2. The molecular weight excluding hydrogens is 404 g/mol. The number of nitrogens with one attached hydrogen (secondary N) is 1. The van der Waals surface area contributed by atoms with Crippen molar-refractivity contribution in [1.29, 1.82) is 0 Å². The summed E-state index contributed by atoms with van der Waals surface area (Å²) in [7, 11) is 0. The molecule has 0 bridgehead atoms. The highest BCUT2D eigenvalue weighted by Gasteiger charge is 2.14. The lowest BCUT2D eigenvalue weighted by atomic mass is 9.99. The normalized spacial score (nSPS) is 14.1. The number of carbonyl (C=O) groups excluding carboxylic acids is 1. The highest BCUT2D eigenvalue weighted by atomic mass is 32.1. The van der Waals surface area contributed by atoms with Gasteiger partial charge in [0, 0.05) is 66.0 Å². The first-order valence-electron chi connectivity index (χ1n) is 10.5. The fourth-order valence-electron chi connectivity index (χ4n) is 4.01. The predicted molar refractivity (Wildman–Crippen MR) is 129 cm³/mol. The Morgan fingerprint density at radius 1 is 1.10 bits per heavy atom. The summed E-state index contributed by atoms with van der Waals surface area (Å²) in [5.74, 6) is 0.0237. The van der Waals surface area contributed by atoms with Gasteiger partial charge in [-0.2, -0.15) is 0 Å². The fourth-order valence-corrected chi connectivity index (χ4v) is 4.74. The lowest BCUT2D eigenvalue weighted by Crippen LogP contribution is -2.43. The molecule has 0 spiro atoms. The molecule has 1 saturated heterocycles. The van der Waals surface area contributed by atoms with Gasteiger partial charge in [0.25, 0.3) is 0 Å². The number of nitrogen functional groups attached to an aromatic ring is 1. The van der Waals surface area contributed by atoms with Crippen molar-refractivity contribution in [1.82, 2.24) is 10.3 Å². The number of rotatable bonds is 5. The molecule has 31 heavy (non-hydrogen) atoms. The van der Waals surface area contributed by atoms with Gasteiger partial charge in [-0.05, 0) is 52.9 Å². The number of fused-ring (bicyclic) bond motifs is 1. The van der Waals surface area contributed by atoms with Crippen molar-refractivity contribution in [3.05, 3.63) is 77.3 Å². The molecule has 0 radical (unpaired) electrons. The molecule has 0 aliphatic carbocycles. The number of aromatic nitrogens is 1. The van der Waals surface area contributed by atoms with Crippen LogP contribution in [0.5, 0.6) is 0 Å². The summed E-state index contributed by atoms with van der Waals surface area (Å²) in [4.78, 5) is 21.1. The topological polar surface area (TPSA) is 71.2 Å². The summed E-state index contributed by atoms with van der Waals surface area (Å²) in [5.41, 5.74) is 11.5. The molecule has 6 heteroatoms. The number of ketones is 1. The summed E-state index contributed by atoms with van der Waals surface area (Å²) >= 11 is 1.68.